The Morgan fingerprint density at radius 2 is 2.19 bits per heavy atom. The Bertz CT molecular complexity index is 201. The minimum atomic E-state index is 0.181. The van der Waals surface area contributed by atoms with E-state index in [1.807, 2.05) is 0 Å². The van der Waals surface area contributed by atoms with Crippen LogP contribution in [-0.4, -0.2) is 55.0 Å². The van der Waals surface area contributed by atoms with Crippen LogP contribution < -0.4 is 0 Å². The smallest absolute Gasteiger partial charge is 0.148 e. The summed E-state index contributed by atoms with van der Waals surface area (Å²) in [5.74, 6) is 2.28. The predicted molar refractivity (Wildman–Crippen MR) is 69.0 cm³/mol. The Morgan fingerprint density at radius 1 is 1.44 bits per heavy atom. The topological polar surface area (TPSA) is 29.5 Å². The third kappa shape index (κ3) is 4.85. The van der Waals surface area contributed by atoms with Gasteiger partial charge < -0.3 is 9.64 Å². The molecule has 1 aliphatic heterocycles. The lowest BCUT2D eigenvalue weighted by molar-refractivity contribution is -0.120. The summed E-state index contributed by atoms with van der Waals surface area (Å²) >= 11 is 1.76. The zero-order chi connectivity index (χ0) is 11.8. The molecule has 1 atom stereocenters. The van der Waals surface area contributed by atoms with Crippen molar-refractivity contribution in [2.45, 2.75) is 20.3 Å². The first-order valence-corrected chi connectivity index (χ1v) is 7.34. The molecule has 0 bridgehead atoms. The van der Waals surface area contributed by atoms with Crippen LogP contribution in [0.15, 0.2) is 0 Å². The zero-order valence-corrected chi connectivity index (χ0v) is 11.2. The van der Waals surface area contributed by atoms with Crippen LogP contribution >= 0.6 is 11.8 Å². The van der Waals surface area contributed by atoms with Crippen LogP contribution in [-0.2, 0) is 9.53 Å². The molecule has 0 amide bonds. The quantitative estimate of drug-likeness (QED) is 0.608. The van der Waals surface area contributed by atoms with Crippen LogP contribution in [0.3, 0.4) is 0 Å². The van der Waals surface area contributed by atoms with Gasteiger partial charge in [0.2, 0.25) is 0 Å². The maximum atomic E-state index is 11.7. The van der Waals surface area contributed by atoms with E-state index < -0.39 is 0 Å². The summed E-state index contributed by atoms with van der Waals surface area (Å²) in [7, 11) is 0. The van der Waals surface area contributed by atoms with Gasteiger partial charge in [-0.05, 0) is 19.5 Å². The number of ether oxygens (including phenoxy) is 1. The molecule has 1 rings (SSSR count). The lowest BCUT2D eigenvalue weighted by Gasteiger charge is -2.17. The van der Waals surface area contributed by atoms with E-state index in [-0.39, 0.29) is 5.92 Å². The molecule has 1 unspecified atom stereocenters. The molecule has 94 valence electrons. The minimum absolute atomic E-state index is 0.181. The van der Waals surface area contributed by atoms with Crippen LogP contribution in [0, 0.1) is 5.92 Å². The normalized spacial score (nSPS) is 20.6. The van der Waals surface area contributed by atoms with E-state index in [9.17, 15) is 4.79 Å². The number of hydrogen-bond acceptors (Lipinski definition) is 4. The van der Waals surface area contributed by atoms with Gasteiger partial charge in [0.1, 0.15) is 5.78 Å². The molecule has 0 aromatic carbocycles. The number of carbonyl (C=O) groups excluding carboxylic acids is 1. The Hall–Kier alpha value is -0.0600. The third-order valence-electron chi connectivity index (χ3n) is 3.08. The largest absolute Gasteiger partial charge is 0.381 e. The molecule has 16 heavy (non-hydrogen) atoms. The van der Waals surface area contributed by atoms with Gasteiger partial charge in [-0.3, -0.25) is 4.79 Å². The van der Waals surface area contributed by atoms with Crippen molar-refractivity contribution in [1.82, 2.24) is 4.90 Å². The van der Waals surface area contributed by atoms with E-state index in [0.29, 0.717) is 18.1 Å². The summed E-state index contributed by atoms with van der Waals surface area (Å²) in [6.07, 6.45) is 0.926. The number of thioether (sulfide) groups is 1. The van der Waals surface area contributed by atoms with E-state index in [0.717, 1.165) is 38.4 Å². The standard InChI is InChI=1S/C12H23NO2S/c1-3-13(4-2)6-8-16-10-12(14)11-5-7-15-9-11/h11H,3-10H2,1-2H3. The zero-order valence-electron chi connectivity index (χ0n) is 10.4. The second-order valence-electron chi connectivity index (χ2n) is 4.11. The van der Waals surface area contributed by atoms with Crippen molar-refractivity contribution < 1.29 is 9.53 Å². The van der Waals surface area contributed by atoms with Crippen molar-refractivity contribution in [1.29, 1.82) is 0 Å². The second-order valence-corrected chi connectivity index (χ2v) is 5.21. The highest BCUT2D eigenvalue weighted by atomic mass is 32.2. The molecule has 1 fully saturated rings. The summed E-state index contributed by atoms with van der Waals surface area (Å²) in [5, 5.41) is 0. The van der Waals surface area contributed by atoms with Gasteiger partial charge >= 0.3 is 0 Å². The van der Waals surface area contributed by atoms with Crippen molar-refractivity contribution in [3.05, 3.63) is 0 Å². The molecule has 0 aromatic rings. The predicted octanol–water partition coefficient (Wildman–Crippen LogP) is 1.67. The van der Waals surface area contributed by atoms with Crippen LogP contribution in [0.4, 0.5) is 0 Å². The summed E-state index contributed by atoms with van der Waals surface area (Å²) in [4.78, 5) is 14.1. The van der Waals surface area contributed by atoms with Gasteiger partial charge in [-0.15, -0.1) is 0 Å². The van der Waals surface area contributed by atoms with Gasteiger partial charge in [-0.25, -0.2) is 0 Å². The number of nitrogens with zero attached hydrogens (tertiary/aromatic N) is 1. The Morgan fingerprint density at radius 3 is 2.75 bits per heavy atom. The highest BCUT2D eigenvalue weighted by Gasteiger charge is 2.22. The molecular weight excluding hydrogens is 222 g/mol. The molecule has 3 nitrogen and oxygen atoms in total. The molecular formula is C12H23NO2S. The van der Waals surface area contributed by atoms with Gasteiger partial charge in [0.05, 0.1) is 12.4 Å². The summed E-state index contributed by atoms with van der Waals surface area (Å²) in [5.41, 5.74) is 0. The van der Waals surface area contributed by atoms with Gasteiger partial charge in [-0.2, -0.15) is 11.8 Å². The van der Waals surface area contributed by atoms with Crippen LogP contribution in [0.25, 0.3) is 0 Å². The fourth-order valence-electron chi connectivity index (χ4n) is 1.81. The molecule has 0 radical (unpaired) electrons. The van der Waals surface area contributed by atoms with Gasteiger partial charge in [0.25, 0.3) is 0 Å². The molecule has 0 spiro atoms. The summed E-state index contributed by atoms with van der Waals surface area (Å²) < 4.78 is 5.22. The number of Topliss-reactive ketones (excluding diaryl/α,β-unsaturated/α-hetero) is 1. The monoisotopic (exact) mass is 245 g/mol. The molecule has 0 N–H and O–H groups in total. The average Bonchev–Trinajstić information content (AvgIpc) is 2.82. The van der Waals surface area contributed by atoms with Crippen molar-refractivity contribution >= 4 is 17.5 Å². The molecule has 0 aromatic heterocycles. The maximum absolute atomic E-state index is 11.7. The van der Waals surface area contributed by atoms with E-state index >= 15 is 0 Å². The molecule has 0 saturated carbocycles. The Balaban J connectivity index is 2.03. The number of carbonyl (C=O) groups is 1. The number of rotatable bonds is 8. The molecule has 4 heteroatoms. The first kappa shape index (κ1) is 14.0. The van der Waals surface area contributed by atoms with E-state index in [1.165, 1.54) is 0 Å². The number of hydrogen-bond donors (Lipinski definition) is 0. The highest BCUT2D eigenvalue weighted by Crippen LogP contribution is 2.16. The number of ketones is 1. The lowest BCUT2D eigenvalue weighted by Crippen LogP contribution is -2.26. The van der Waals surface area contributed by atoms with Crippen molar-refractivity contribution in [2.24, 2.45) is 5.92 Å². The van der Waals surface area contributed by atoms with Gasteiger partial charge in [0.15, 0.2) is 0 Å². The first-order chi connectivity index (χ1) is 7.77. The molecule has 1 heterocycles. The van der Waals surface area contributed by atoms with Crippen molar-refractivity contribution in [3.63, 3.8) is 0 Å². The second kappa shape index (κ2) is 8.09. The van der Waals surface area contributed by atoms with E-state index in [2.05, 4.69) is 18.7 Å². The van der Waals surface area contributed by atoms with Crippen molar-refractivity contribution in [3.8, 4) is 0 Å². The van der Waals surface area contributed by atoms with Gasteiger partial charge in [0, 0.05) is 24.8 Å². The van der Waals surface area contributed by atoms with Gasteiger partial charge in [-0.1, -0.05) is 13.8 Å². The van der Waals surface area contributed by atoms with Crippen molar-refractivity contribution in [2.75, 3.05) is 44.4 Å². The lowest BCUT2D eigenvalue weighted by atomic mass is 10.1. The fourth-order valence-corrected chi connectivity index (χ4v) is 2.78. The van der Waals surface area contributed by atoms with Crippen LogP contribution in [0.1, 0.15) is 20.3 Å². The SMILES string of the molecule is CCN(CC)CCSCC(=O)C1CCOC1. The molecule has 0 aliphatic carbocycles. The van der Waals surface area contributed by atoms with E-state index in [4.69, 9.17) is 4.74 Å². The van der Waals surface area contributed by atoms with Crippen LogP contribution in [0.5, 0.6) is 0 Å². The van der Waals surface area contributed by atoms with E-state index in [1.54, 1.807) is 11.8 Å². The highest BCUT2D eigenvalue weighted by molar-refractivity contribution is 7.99. The maximum Gasteiger partial charge on any atom is 0.148 e. The Kier molecular flexibility index (Phi) is 7.08. The third-order valence-corrected chi connectivity index (χ3v) is 4.04. The summed E-state index contributed by atoms with van der Waals surface area (Å²) in [6.45, 7) is 9.05. The Labute approximate surface area is 103 Å². The van der Waals surface area contributed by atoms with Crippen LogP contribution in [0.2, 0.25) is 0 Å². The minimum Gasteiger partial charge on any atom is -0.381 e. The first-order valence-electron chi connectivity index (χ1n) is 6.18. The average molecular weight is 245 g/mol. The molecule has 1 aliphatic rings. The molecule has 1 saturated heterocycles. The summed E-state index contributed by atoms with van der Waals surface area (Å²) in [6, 6.07) is 0. The fraction of sp³-hybridized carbons (Fsp3) is 0.917.